The van der Waals surface area contributed by atoms with Crippen LogP contribution in [0.4, 0.5) is 11.4 Å². The minimum atomic E-state index is -0.0429. The quantitative estimate of drug-likeness (QED) is 0.673. The number of pyridine rings is 1. The van der Waals surface area contributed by atoms with Crippen molar-refractivity contribution in [1.29, 1.82) is 0 Å². The van der Waals surface area contributed by atoms with E-state index in [1.165, 1.54) is 37.1 Å². The molecule has 1 saturated carbocycles. The lowest BCUT2D eigenvalue weighted by atomic mass is 9.67. The summed E-state index contributed by atoms with van der Waals surface area (Å²) in [6, 6.07) is 8.14. The smallest absolute Gasteiger partial charge is 0.180 e. The second-order valence-corrected chi connectivity index (χ2v) is 8.99. The average Bonchev–Trinajstić information content (AvgIpc) is 3.09. The predicted octanol–water partition coefficient (Wildman–Crippen LogP) is 5.66. The molecule has 5 nitrogen and oxygen atoms in total. The number of nitrogens with one attached hydrogen (secondary N) is 1. The van der Waals surface area contributed by atoms with E-state index in [4.69, 9.17) is 4.99 Å². The maximum absolute atomic E-state index is 12.0. The molecule has 0 amide bonds. The third kappa shape index (κ3) is 2.79. The molecule has 5 rings (SSSR count). The van der Waals surface area contributed by atoms with Crippen LogP contribution in [-0.2, 0) is 0 Å². The minimum Gasteiger partial charge on any atom is -0.377 e. The highest BCUT2D eigenvalue weighted by atomic mass is 16.1. The molecule has 1 aromatic carbocycles. The zero-order valence-electron chi connectivity index (χ0n) is 18.0. The van der Waals surface area contributed by atoms with Crippen molar-refractivity contribution in [2.75, 3.05) is 11.9 Å². The molecule has 1 aliphatic carbocycles. The summed E-state index contributed by atoms with van der Waals surface area (Å²) in [5.74, 6) is 1.17. The lowest BCUT2D eigenvalue weighted by Gasteiger charge is -2.41. The summed E-state index contributed by atoms with van der Waals surface area (Å²) < 4.78 is 0. The Morgan fingerprint density at radius 2 is 2.10 bits per heavy atom. The maximum atomic E-state index is 12.0. The molecule has 0 bridgehead atoms. The van der Waals surface area contributed by atoms with E-state index in [0.29, 0.717) is 5.69 Å². The third-order valence-corrected chi connectivity index (χ3v) is 6.97. The Hall–Kier alpha value is -2.95. The van der Waals surface area contributed by atoms with Crippen LogP contribution in [-0.4, -0.2) is 28.0 Å². The van der Waals surface area contributed by atoms with Gasteiger partial charge in [0.1, 0.15) is 11.5 Å². The zero-order chi connectivity index (χ0) is 21.0. The van der Waals surface area contributed by atoms with Crippen molar-refractivity contribution in [2.45, 2.75) is 52.5 Å². The second-order valence-electron chi connectivity index (χ2n) is 8.99. The van der Waals surface area contributed by atoms with Crippen molar-refractivity contribution in [3.63, 3.8) is 0 Å². The number of rotatable bonds is 4. The van der Waals surface area contributed by atoms with Gasteiger partial charge >= 0.3 is 0 Å². The van der Waals surface area contributed by atoms with E-state index in [0.717, 1.165) is 34.7 Å². The molecule has 3 aliphatic rings. The van der Waals surface area contributed by atoms with Gasteiger partial charge in [0.2, 0.25) is 0 Å². The van der Waals surface area contributed by atoms with E-state index in [1.54, 1.807) is 13.1 Å². The van der Waals surface area contributed by atoms with Gasteiger partial charge in [-0.15, -0.1) is 0 Å². The summed E-state index contributed by atoms with van der Waals surface area (Å²) >= 11 is 0. The molecule has 2 aliphatic heterocycles. The molecule has 1 aromatic heterocycles. The van der Waals surface area contributed by atoms with Gasteiger partial charge in [-0.3, -0.25) is 9.78 Å². The molecule has 1 spiro atoms. The molecule has 5 heteroatoms. The van der Waals surface area contributed by atoms with Crippen LogP contribution in [0.2, 0.25) is 0 Å². The van der Waals surface area contributed by atoms with Gasteiger partial charge < -0.3 is 10.2 Å². The van der Waals surface area contributed by atoms with E-state index >= 15 is 0 Å². The number of aromatic nitrogens is 1. The van der Waals surface area contributed by atoms with E-state index in [2.05, 4.69) is 47.8 Å². The summed E-state index contributed by atoms with van der Waals surface area (Å²) in [5.41, 5.74) is 7.03. The fourth-order valence-corrected chi connectivity index (χ4v) is 5.20. The molecule has 154 valence electrons. The minimum absolute atomic E-state index is 0.0246. The number of carbonyl (C=O) groups is 1. The van der Waals surface area contributed by atoms with Gasteiger partial charge in [0.05, 0.1) is 17.4 Å². The van der Waals surface area contributed by atoms with Crippen LogP contribution in [0.15, 0.2) is 42.0 Å². The highest BCUT2D eigenvalue weighted by Gasteiger charge is 2.50. The van der Waals surface area contributed by atoms with Crippen LogP contribution in [0.25, 0.3) is 5.70 Å². The van der Waals surface area contributed by atoms with Crippen LogP contribution in [0.1, 0.15) is 72.8 Å². The predicted molar refractivity (Wildman–Crippen MR) is 121 cm³/mol. The number of hydrogen-bond acceptors (Lipinski definition) is 5. The third-order valence-electron chi connectivity index (χ3n) is 6.97. The lowest BCUT2D eigenvalue weighted by Crippen LogP contribution is -2.40. The topological polar surface area (TPSA) is 57.6 Å². The van der Waals surface area contributed by atoms with Crippen LogP contribution >= 0.6 is 0 Å². The summed E-state index contributed by atoms with van der Waals surface area (Å²) in [4.78, 5) is 23.9. The van der Waals surface area contributed by atoms with Crippen LogP contribution < -0.4 is 5.32 Å². The fourth-order valence-electron chi connectivity index (χ4n) is 5.20. The van der Waals surface area contributed by atoms with Crippen molar-refractivity contribution in [3.8, 4) is 0 Å². The number of aliphatic imine (C=N–C) groups is 1. The van der Waals surface area contributed by atoms with Gasteiger partial charge in [-0.25, -0.2) is 4.99 Å². The average molecular weight is 401 g/mol. The number of fused-ring (bicyclic) bond motifs is 3. The van der Waals surface area contributed by atoms with Gasteiger partial charge in [-0.2, -0.15) is 0 Å². The fraction of sp³-hybridized carbons (Fsp3) is 0.400. The van der Waals surface area contributed by atoms with Crippen LogP contribution in [0, 0.1) is 12.3 Å². The molecular weight excluding hydrogens is 372 g/mol. The normalized spacial score (nSPS) is 19.6. The number of hydrogen-bond donors (Lipinski definition) is 1. The molecule has 2 fully saturated rings. The van der Waals surface area contributed by atoms with Crippen LogP contribution in [0.5, 0.6) is 0 Å². The number of carbonyl (C=O) groups excluding carboxylic acids is 1. The number of Topliss-reactive ketones (excluding diaryl/α,β-unsaturated/α-hetero) is 1. The van der Waals surface area contributed by atoms with Crippen LogP contribution in [0.3, 0.4) is 0 Å². The van der Waals surface area contributed by atoms with Crippen molar-refractivity contribution >= 4 is 28.7 Å². The molecule has 2 aromatic rings. The van der Waals surface area contributed by atoms with Crippen molar-refractivity contribution in [3.05, 3.63) is 59.4 Å². The lowest BCUT2D eigenvalue weighted by molar-refractivity contribution is 0.101. The van der Waals surface area contributed by atoms with Gasteiger partial charge in [-0.1, -0.05) is 19.1 Å². The molecule has 0 radical (unpaired) electrons. The highest BCUT2D eigenvalue weighted by molar-refractivity contribution is 6.03. The molecule has 3 heterocycles. The van der Waals surface area contributed by atoms with Gasteiger partial charge in [0, 0.05) is 41.9 Å². The molecule has 1 unspecified atom stereocenters. The monoisotopic (exact) mass is 400 g/mol. The molecule has 1 atom stereocenters. The maximum Gasteiger partial charge on any atom is 0.180 e. The number of ketones is 1. The largest absolute Gasteiger partial charge is 0.377 e. The summed E-state index contributed by atoms with van der Waals surface area (Å²) in [6.07, 6.45) is 6.59. The Bertz CT molecular complexity index is 1100. The van der Waals surface area contributed by atoms with E-state index in [-0.39, 0.29) is 17.2 Å². The summed E-state index contributed by atoms with van der Waals surface area (Å²) in [5, 5.41) is 3.51. The SMILES string of the molecule is C=C1c2cc(C)cc(C(C)Nc3cccnc3C(C)=O)c2N=C2N1CCC21CCC1. The zero-order valence-corrected chi connectivity index (χ0v) is 18.0. The highest BCUT2D eigenvalue weighted by Crippen LogP contribution is 2.54. The number of nitrogens with zero attached hydrogens (tertiary/aromatic N) is 3. The molecule has 30 heavy (non-hydrogen) atoms. The Morgan fingerprint density at radius 3 is 2.80 bits per heavy atom. The number of amidine groups is 1. The van der Waals surface area contributed by atoms with Gasteiger partial charge in [-0.05, 0) is 56.9 Å². The second kappa shape index (κ2) is 6.79. The summed E-state index contributed by atoms with van der Waals surface area (Å²) in [7, 11) is 0. The first-order valence-electron chi connectivity index (χ1n) is 10.8. The molecule has 1 N–H and O–H groups in total. The Labute approximate surface area is 177 Å². The number of anilines is 1. The first kappa shape index (κ1) is 19.0. The standard InChI is InChI=1S/C25H28N4O/c1-15-13-19(16(2)27-21-7-5-11-26-22(21)18(4)30)23-20(14-15)17(3)29-12-10-25(8-6-9-25)24(29)28-23/h5,7,11,13-14,16,27H,3,6,8-10,12H2,1-2,4H3. The summed E-state index contributed by atoms with van der Waals surface area (Å²) in [6.45, 7) is 11.3. The van der Waals surface area contributed by atoms with Gasteiger partial charge in [0.25, 0.3) is 0 Å². The van der Waals surface area contributed by atoms with E-state index in [1.807, 2.05) is 12.1 Å². The number of aryl methyl sites for hydroxylation is 1. The van der Waals surface area contributed by atoms with Crippen molar-refractivity contribution in [1.82, 2.24) is 9.88 Å². The van der Waals surface area contributed by atoms with E-state index in [9.17, 15) is 4.79 Å². The molecular formula is C25H28N4O. The Kier molecular flexibility index (Phi) is 4.31. The molecule has 1 saturated heterocycles. The first-order chi connectivity index (χ1) is 14.4. The first-order valence-corrected chi connectivity index (χ1v) is 10.8. The van der Waals surface area contributed by atoms with Crippen molar-refractivity contribution < 1.29 is 4.79 Å². The number of benzene rings is 1. The van der Waals surface area contributed by atoms with Crippen molar-refractivity contribution in [2.24, 2.45) is 10.4 Å². The van der Waals surface area contributed by atoms with Gasteiger partial charge in [0.15, 0.2) is 5.78 Å². The van der Waals surface area contributed by atoms with E-state index < -0.39 is 0 Å². The Balaban J connectivity index is 1.58. The Morgan fingerprint density at radius 1 is 1.30 bits per heavy atom.